The Balaban J connectivity index is 1.33. The Morgan fingerprint density at radius 3 is 2.40 bits per heavy atom. The van der Waals surface area contributed by atoms with Crippen LogP contribution < -0.4 is 5.32 Å². The smallest absolute Gasteiger partial charge is 0.410 e. The lowest BCUT2D eigenvalue weighted by atomic mass is 9.88. The Morgan fingerprint density at radius 2 is 1.83 bits per heavy atom. The molecule has 0 aliphatic carbocycles. The molecule has 30 heavy (non-hydrogen) atoms. The summed E-state index contributed by atoms with van der Waals surface area (Å²) in [5, 5.41) is 3.53. The lowest BCUT2D eigenvalue weighted by Gasteiger charge is -2.54. The molecule has 0 aromatic heterocycles. The minimum absolute atomic E-state index is 0.317. The zero-order valence-corrected chi connectivity index (χ0v) is 18.9. The molecule has 0 bridgehead atoms. The number of hydrogen-bond donors (Lipinski definition) is 1. The highest BCUT2D eigenvalue weighted by molar-refractivity contribution is 7.89. The van der Waals surface area contributed by atoms with Crippen molar-refractivity contribution in [3.8, 4) is 0 Å². The van der Waals surface area contributed by atoms with Gasteiger partial charge in [-0.1, -0.05) is 17.7 Å². The second-order valence-corrected chi connectivity index (χ2v) is 11.8. The maximum Gasteiger partial charge on any atom is 0.410 e. The molecule has 4 rings (SSSR count). The van der Waals surface area contributed by atoms with Crippen molar-refractivity contribution in [3.05, 3.63) is 29.8 Å². The number of hydrogen-bond acceptors (Lipinski definition) is 6. The number of nitrogens with zero attached hydrogens (tertiary/aromatic N) is 2. The van der Waals surface area contributed by atoms with Gasteiger partial charge in [-0.15, -0.1) is 0 Å². The summed E-state index contributed by atoms with van der Waals surface area (Å²) >= 11 is 0. The van der Waals surface area contributed by atoms with Crippen molar-refractivity contribution >= 4 is 16.1 Å². The number of ether oxygens (including phenoxy) is 2. The Labute approximate surface area is 178 Å². The van der Waals surface area contributed by atoms with Gasteiger partial charge >= 0.3 is 6.09 Å². The fourth-order valence-electron chi connectivity index (χ4n) is 4.19. The van der Waals surface area contributed by atoms with Crippen molar-refractivity contribution in [2.75, 3.05) is 39.3 Å². The summed E-state index contributed by atoms with van der Waals surface area (Å²) in [5.74, 6) is 0. The van der Waals surface area contributed by atoms with Gasteiger partial charge in [0.25, 0.3) is 0 Å². The molecule has 3 saturated heterocycles. The van der Waals surface area contributed by atoms with E-state index in [1.54, 1.807) is 17.0 Å². The Kier molecular flexibility index (Phi) is 5.16. The van der Waals surface area contributed by atoms with Crippen LogP contribution in [0.4, 0.5) is 4.79 Å². The topological polar surface area (TPSA) is 88.2 Å². The third kappa shape index (κ3) is 4.08. The van der Waals surface area contributed by atoms with Gasteiger partial charge in [-0.05, 0) is 46.2 Å². The van der Waals surface area contributed by atoms with E-state index in [4.69, 9.17) is 9.47 Å². The highest BCUT2D eigenvalue weighted by Gasteiger charge is 2.55. The zero-order valence-electron chi connectivity index (χ0n) is 18.1. The van der Waals surface area contributed by atoms with Gasteiger partial charge in [0.05, 0.1) is 29.2 Å². The van der Waals surface area contributed by atoms with Crippen LogP contribution in [0.3, 0.4) is 0 Å². The molecule has 3 aliphatic heterocycles. The maximum absolute atomic E-state index is 12.8. The average molecular weight is 438 g/mol. The molecule has 3 aliphatic rings. The second-order valence-electron chi connectivity index (χ2n) is 9.84. The number of likely N-dealkylation sites (tertiary alicyclic amines) is 1. The molecule has 9 heteroatoms. The van der Waals surface area contributed by atoms with Crippen LogP contribution in [0, 0.1) is 6.92 Å². The molecular formula is C21H31N3O5S. The number of morpholine rings is 1. The fraction of sp³-hybridized carbons (Fsp3) is 0.667. The molecule has 166 valence electrons. The summed E-state index contributed by atoms with van der Waals surface area (Å²) in [7, 11) is -3.49. The number of carbonyl (C=O) groups excluding carboxylic acids is 1. The third-order valence-corrected chi connectivity index (χ3v) is 7.83. The van der Waals surface area contributed by atoms with E-state index in [1.807, 2.05) is 39.8 Å². The predicted octanol–water partition coefficient (Wildman–Crippen LogP) is 1.74. The lowest BCUT2D eigenvalue weighted by molar-refractivity contribution is -0.126. The fourth-order valence-corrected chi connectivity index (χ4v) is 5.80. The number of benzene rings is 1. The highest BCUT2D eigenvalue weighted by Crippen LogP contribution is 2.36. The summed E-state index contributed by atoms with van der Waals surface area (Å²) in [6.45, 7) is 10.4. The summed E-state index contributed by atoms with van der Waals surface area (Å²) in [4.78, 5) is 14.4. The number of carbonyl (C=O) groups is 1. The molecule has 1 aromatic carbocycles. The molecule has 0 radical (unpaired) electrons. The van der Waals surface area contributed by atoms with Gasteiger partial charge < -0.3 is 19.7 Å². The van der Waals surface area contributed by atoms with Crippen LogP contribution >= 0.6 is 0 Å². The predicted molar refractivity (Wildman–Crippen MR) is 112 cm³/mol. The minimum atomic E-state index is -3.49. The van der Waals surface area contributed by atoms with Gasteiger partial charge in [0.15, 0.2) is 0 Å². The Morgan fingerprint density at radius 1 is 1.17 bits per heavy atom. The molecule has 1 aromatic rings. The molecule has 8 nitrogen and oxygen atoms in total. The van der Waals surface area contributed by atoms with E-state index in [9.17, 15) is 13.2 Å². The van der Waals surface area contributed by atoms with Crippen LogP contribution in [0.25, 0.3) is 0 Å². The van der Waals surface area contributed by atoms with Crippen LogP contribution in [0.2, 0.25) is 0 Å². The SMILES string of the molecule is Cc1ccc(S(=O)(=O)N2CC3(CO[C@]4(CCN(C(=O)OC(C)(C)C)C4)CN3)C2)cc1. The van der Waals surface area contributed by atoms with Crippen LogP contribution in [0.15, 0.2) is 29.2 Å². The quantitative estimate of drug-likeness (QED) is 0.758. The van der Waals surface area contributed by atoms with Crippen molar-refractivity contribution in [1.29, 1.82) is 0 Å². The minimum Gasteiger partial charge on any atom is -0.444 e. The Bertz CT molecular complexity index is 907. The molecular weight excluding hydrogens is 406 g/mol. The van der Waals surface area contributed by atoms with Crippen molar-refractivity contribution in [1.82, 2.24) is 14.5 Å². The summed E-state index contributed by atoms with van der Waals surface area (Å²) in [6, 6.07) is 6.92. The zero-order chi connectivity index (χ0) is 21.8. The largest absolute Gasteiger partial charge is 0.444 e. The molecule has 0 unspecified atom stereocenters. The summed E-state index contributed by atoms with van der Waals surface area (Å²) in [5.41, 5.74) is -0.291. The van der Waals surface area contributed by atoms with E-state index >= 15 is 0 Å². The second kappa shape index (κ2) is 7.19. The van der Waals surface area contributed by atoms with Gasteiger partial charge in [0, 0.05) is 26.2 Å². The van der Waals surface area contributed by atoms with Gasteiger partial charge in [0.2, 0.25) is 10.0 Å². The first kappa shape index (κ1) is 21.5. The van der Waals surface area contributed by atoms with Crippen LogP contribution in [-0.2, 0) is 19.5 Å². The van der Waals surface area contributed by atoms with E-state index in [-0.39, 0.29) is 11.6 Å². The van der Waals surface area contributed by atoms with Crippen molar-refractivity contribution in [2.45, 2.75) is 55.8 Å². The third-order valence-electron chi connectivity index (χ3n) is 6.03. The number of rotatable bonds is 2. The highest BCUT2D eigenvalue weighted by atomic mass is 32.2. The normalized spacial score (nSPS) is 26.7. The van der Waals surface area contributed by atoms with E-state index in [2.05, 4.69) is 5.32 Å². The van der Waals surface area contributed by atoms with E-state index in [0.717, 1.165) is 12.0 Å². The maximum atomic E-state index is 12.8. The molecule has 1 atom stereocenters. The first-order valence-corrected chi connectivity index (χ1v) is 11.8. The number of aryl methyl sites for hydroxylation is 1. The molecule has 2 spiro atoms. The van der Waals surface area contributed by atoms with Crippen LogP contribution in [0.5, 0.6) is 0 Å². The van der Waals surface area contributed by atoms with E-state index in [0.29, 0.717) is 44.2 Å². The van der Waals surface area contributed by atoms with Gasteiger partial charge in [-0.2, -0.15) is 4.31 Å². The van der Waals surface area contributed by atoms with Gasteiger partial charge in [0.1, 0.15) is 5.60 Å². The number of amides is 1. The lowest BCUT2D eigenvalue weighted by Crippen LogP contribution is -2.77. The molecule has 1 amide bonds. The first-order valence-electron chi connectivity index (χ1n) is 10.4. The monoisotopic (exact) mass is 437 g/mol. The Hall–Kier alpha value is -1.68. The van der Waals surface area contributed by atoms with Crippen LogP contribution in [-0.4, -0.2) is 79.8 Å². The number of nitrogens with one attached hydrogen (secondary N) is 1. The van der Waals surface area contributed by atoms with Gasteiger partial charge in [-0.3, -0.25) is 0 Å². The first-order chi connectivity index (χ1) is 13.9. The summed E-state index contributed by atoms with van der Waals surface area (Å²) < 4.78 is 38.9. The molecule has 1 N–H and O–H groups in total. The van der Waals surface area contributed by atoms with E-state index < -0.39 is 21.2 Å². The molecule has 0 saturated carbocycles. The van der Waals surface area contributed by atoms with Crippen molar-refractivity contribution in [3.63, 3.8) is 0 Å². The average Bonchev–Trinajstić information content (AvgIpc) is 3.04. The molecule has 3 fully saturated rings. The van der Waals surface area contributed by atoms with Crippen molar-refractivity contribution < 1.29 is 22.7 Å². The van der Waals surface area contributed by atoms with Gasteiger partial charge in [-0.25, -0.2) is 13.2 Å². The number of sulfonamides is 1. The van der Waals surface area contributed by atoms with E-state index in [1.165, 1.54) is 4.31 Å². The van der Waals surface area contributed by atoms with Crippen molar-refractivity contribution in [2.24, 2.45) is 0 Å². The summed E-state index contributed by atoms with van der Waals surface area (Å²) in [6.07, 6.45) is 0.419. The molecule has 3 heterocycles. The van der Waals surface area contributed by atoms with Crippen LogP contribution in [0.1, 0.15) is 32.8 Å². The standard InChI is InChI=1S/C21H31N3O5S/c1-16-5-7-17(8-6-16)30(26,27)24-12-20(13-24)15-28-21(11-22-20)9-10-23(14-21)18(25)29-19(2,3)4/h5-8,22H,9-15H2,1-4H3/t21-/m1/s1.